The number of benzene rings is 1. The zero-order valence-electron chi connectivity index (χ0n) is 11.1. The molecule has 5 nitrogen and oxygen atoms in total. The van der Waals surface area contributed by atoms with E-state index in [1.807, 2.05) is 0 Å². The van der Waals surface area contributed by atoms with Gasteiger partial charge in [0.15, 0.2) is 0 Å². The fourth-order valence-electron chi connectivity index (χ4n) is 2.34. The predicted octanol–water partition coefficient (Wildman–Crippen LogP) is 1.40. The van der Waals surface area contributed by atoms with Gasteiger partial charge in [0.05, 0.1) is 12.2 Å². The number of nitrogens with two attached hydrogens (primary N) is 1. The van der Waals surface area contributed by atoms with Gasteiger partial charge in [-0.2, -0.15) is 0 Å². The third-order valence-electron chi connectivity index (χ3n) is 3.43. The zero-order chi connectivity index (χ0) is 14.5. The summed E-state index contributed by atoms with van der Waals surface area (Å²) in [5.74, 6) is -1.59. The van der Waals surface area contributed by atoms with Crippen LogP contribution in [0.15, 0.2) is 18.2 Å². The van der Waals surface area contributed by atoms with E-state index in [0.29, 0.717) is 6.04 Å². The first kappa shape index (κ1) is 14.5. The first-order valence-electron chi connectivity index (χ1n) is 6.69. The van der Waals surface area contributed by atoms with Crippen molar-refractivity contribution >= 4 is 17.5 Å². The minimum absolute atomic E-state index is 0.0282. The molecule has 2 amide bonds. The minimum atomic E-state index is -0.662. The molecule has 20 heavy (non-hydrogen) atoms. The topological polar surface area (TPSA) is 84.2 Å². The van der Waals surface area contributed by atoms with Crippen molar-refractivity contribution in [2.75, 3.05) is 11.9 Å². The van der Waals surface area contributed by atoms with Crippen molar-refractivity contribution in [2.24, 2.45) is 5.73 Å². The van der Waals surface area contributed by atoms with Crippen LogP contribution in [0.3, 0.4) is 0 Å². The van der Waals surface area contributed by atoms with Crippen LogP contribution >= 0.6 is 0 Å². The van der Waals surface area contributed by atoms with Gasteiger partial charge in [-0.25, -0.2) is 4.39 Å². The Labute approximate surface area is 116 Å². The van der Waals surface area contributed by atoms with E-state index in [1.54, 1.807) is 0 Å². The van der Waals surface area contributed by atoms with E-state index in [0.717, 1.165) is 18.9 Å². The standard InChI is InChI=1S/C14H18FN3O2/c15-11-6-5-9(14(16)20)7-12(11)18-13(19)8-17-10-3-1-2-4-10/h5-7,10,17H,1-4,8H2,(H2,16,20)(H,18,19). The highest BCUT2D eigenvalue weighted by atomic mass is 19.1. The minimum Gasteiger partial charge on any atom is -0.366 e. The number of carbonyl (C=O) groups excluding carboxylic acids is 2. The number of hydrogen-bond acceptors (Lipinski definition) is 3. The van der Waals surface area contributed by atoms with Crippen molar-refractivity contribution in [3.8, 4) is 0 Å². The summed E-state index contributed by atoms with van der Waals surface area (Å²) in [6.45, 7) is 0.130. The van der Waals surface area contributed by atoms with Crippen molar-refractivity contribution in [1.82, 2.24) is 5.32 Å². The molecule has 0 unspecified atom stereocenters. The summed E-state index contributed by atoms with van der Waals surface area (Å²) in [5.41, 5.74) is 5.25. The molecule has 108 valence electrons. The molecule has 0 aliphatic heterocycles. The Balaban J connectivity index is 1.92. The average molecular weight is 279 g/mol. The molecule has 2 rings (SSSR count). The summed E-state index contributed by atoms with van der Waals surface area (Å²) >= 11 is 0. The zero-order valence-corrected chi connectivity index (χ0v) is 11.1. The number of hydrogen-bond donors (Lipinski definition) is 3. The van der Waals surface area contributed by atoms with Gasteiger partial charge in [-0.15, -0.1) is 0 Å². The molecule has 0 spiro atoms. The highest BCUT2D eigenvalue weighted by molar-refractivity contribution is 5.96. The van der Waals surface area contributed by atoms with Crippen LogP contribution in [-0.4, -0.2) is 24.4 Å². The highest BCUT2D eigenvalue weighted by Gasteiger charge is 2.16. The van der Waals surface area contributed by atoms with E-state index < -0.39 is 11.7 Å². The largest absolute Gasteiger partial charge is 0.366 e. The number of nitrogens with one attached hydrogen (secondary N) is 2. The third-order valence-corrected chi connectivity index (χ3v) is 3.43. The molecule has 6 heteroatoms. The molecule has 0 aromatic heterocycles. The fourth-order valence-corrected chi connectivity index (χ4v) is 2.34. The average Bonchev–Trinajstić information content (AvgIpc) is 2.92. The molecule has 0 bridgehead atoms. The summed E-state index contributed by atoms with van der Waals surface area (Å²) in [4.78, 5) is 22.8. The van der Waals surface area contributed by atoms with Gasteiger partial charge in [-0.05, 0) is 31.0 Å². The van der Waals surface area contributed by atoms with Crippen molar-refractivity contribution in [3.63, 3.8) is 0 Å². The number of amides is 2. The Kier molecular flexibility index (Phi) is 4.68. The second-order valence-corrected chi connectivity index (χ2v) is 4.97. The molecule has 1 aliphatic rings. The van der Waals surface area contributed by atoms with Crippen LogP contribution in [0.5, 0.6) is 0 Å². The number of carbonyl (C=O) groups is 2. The van der Waals surface area contributed by atoms with Crippen molar-refractivity contribution in [1.29, 1.82) is 0 Å². The number of rotatable bonds is 5. The lowest BCUT2D eigenvalue weighted by Crippen LogP contribution is -2.34. The lowest BCUT2D eigenvalue weighted by Gasteiger charge is -2.12. The van der Waals surface area contributed by atoms with Gasteiger partial charge < -0.3 is 16.4 Å². The van der Waals surface area contributed by atoms with Crippen molar-refractivity contribution < 1.29 is 14.0 Å². The van der Waals surface area contributed by atoms with Crippen LogP contribution in [0.2, 0.25) is 0 Å². The first-order valence-corrected chi connectivity index (χ1v) is 6.69. The molecule has 4 N–H and O–H groups in total. The lowest BCUT2D eigenvalue weighted by molar-refractivity contribution is -0.115. The van der Waals surface area contributed by atoms with Gasteiger partial charge >= 0.3 is 0 Å². The van der Waals surface area contributed by atoms with E-state index >= 15 is 0 Å². The second kappa shape index (κ2) is 6.47. The van der Waals surface area contributed by atoms with Gasteiger partial charge in [0, 0.05) is 11.6 Å². The molecular weight excluding hydrogens is 261 g/mol. The Hall–Kier alpha value is -1.95. The summed E-state index contributed by atoms with van der Waals surface area (Å²) in [7, 11) is 0. The van der Waals surface area contributed by atoms with Crippen LogP contribution in [-0.2, 0) is 4.79 Å². The maximum absolute atomic E-state index is 13.5. The van der Waals surface area contributed by atoms with E-state index in [-0.39, 0.29) is 23.7 Å². The molecule has 0 radical (unpaired) electrons. The normalized spacial score (nSPS) is 15.2. The summed E-state index contributed by atoms with van der Waals surface area (Å²) in [5, 5.41) is 5.58. The van der Waals surface area contributed by atoms with Gasteiger partial charge in [-0.3, -0.25) is 9.59 Å². The number of anilines is 1. The Bertz CT molecular complexity index is 513. The maximum Gasteiger partial charge on any atom is 0.248 e. The molecule has 0 saturated heterocycles. The van der Waals surface area contributed by atoms with Crippen LogP contribution < -0.4 is 16.4 Å². The molecule has 0 heterocycles. The Morgan fingerprint density at radius 1 is 1.30 bits per heavy atom. The molecule has 1 fully saturated rings. The second-order valence-electron chi connectivity index (χ2n) is 4.97. The smallest absolute Gasteiger partial charge is 0.248 e. The Morgan fingerprint density at radius 2 is 2.00 bits per heavy atom. The van der Waals surface area contributed by atoms with Crippen molar-refractivity contribution in [2.45, 2.75) is 31.7 Å². The SMILES string of the molecule is NC(=O)c1ccc(F)c(NC(=O)CNC2CCCC2)c1. The van der Waals surface area contributed by atoms with Crippen LogP contribution in [0, 0.1) is 5.82 Å². The lowest BCUT2D eigenvalue weighted by atomic mass is 10.2. The Morgan fingerprint density at radius 3 is 2.65 bits per heavy atom. The maximum atomic E-state index is 13.5. The monoisotopic (exact) mass is 279 g/mol. The molecule has 1 aromatic rings. The van der Waals surface area contributed by atoms with E-state index in [2.05, 4.69) is 10.6 Å². The molecule has 0 atom stereocenters. The summed E-state index contributed by atoms with van der Waals surface area (Å²) in [6.07, 6.45) is 4.49. The van der Waals surface area contributed by atoms with Gasteiger partial charge in [0.25, 0.3) is 0 Å². The third kappa shape index (κ3) is 3.77. The van der Waals surface area contributed by atoms with Crippen LogP contribution in [0.25, 0.3) is 0 Å². The van der Waals surface area contributed by atoms with E-state index in [1.165, 1.54) is 25.0 Å². The molecule has 1 aromatic carbocycles. The number of halogens is 1. The van der Waals surface area contributed by atoms with Gasteiger partial charge in [0.1, 0.15) is 5.82 Å². The molecule has 1 aliphatic carbocycles. The van der Waals surface area contributed by atoms with Crippen LogP contribution in [0.4, 0.5) is 10.1 Å². The number of primary amides is 1. The quantitative estimate of drug-likeness (QED) is 0.761. The summed E-state index contributed by atoms with van der Waals surface area (Å²) in [6, 6.07) is 4.00. The fraction of sp³-hybridized carbons (Fsp3) is 0.429. The molecular formula is C14H18FN3O2. The van der Waals surface area contributed by atoms with E-state index in [9.17, 15) is 14.0 Å². The first-order chi connectivity index (χ1) is 9.56. The van der Waals surface area contributed by atoms with Crippen LogP contribution in [0.1, 0.15) is 36.0 Å². The molecule has 1 saturated carbocycles. The highest BCUT2D eigenvalue weighted by Crippen LogP contribution is 2.18. The van der Waals surface area contributed by atoms with E-state index in [4.69, 9.17) is 5.73 Å². The van der Waals surface area contributed by atoms with Gasteiger partial charge in [0.2, 0.25) is 11.8 Å². The predicted molar refractivity (Wildman–Crippen MR) is 73.8 cm³/mol. The summed E-state index contributed by atoms with van der Waals surface area (Å²) < 4.78 is 13.5. The van der Waals surface area contributed by atoms with Crippen molar-refractivity contribution in [3.05, 3.63) is 29.6 Å². The van der Waals surface area contributed by atoms with Gasteiger partial charge in [-0.1, -0.05) is 12.8 Å².